The number of halogens is 1. The van der Waals surface area contributed by atoms with Crippen molar-refractivity contribution in [2.24, 2.45) is 0 Å². The van der Waals surface area contributed by atoms with E-state index in [-0.39, 0.29) is 0 Å². The van der Waals surface area contributed by atoms with E-state index in [9.17, 15) is 0 Å². The molecule has 18 heavy (non-hydrogen) atoms. The third kappa shape index (κ3) is 6.12. The lowest BCUT2D eigenvalue weighted by Gasteiger charge is -2.08. The Balaban J connectivity index is 2.41. The van der Waals surface area contributed by atoms with Gasteiger partial charge in [-0.05, 0) is 42.8 Å². The van der Waals surface area contributed by atoms with Crippen molar-refractivity contribution < 1.29 is 0 Å². The van der Waals surface area contributed by atoms with E-state index in [4.69, 9.17) is 11.6 Å². The molecule has 0 aliphatic carbocycles. The molecule has 1 N–H and O–H groups in total. The summed E-state index contributed by atoms with van der Waals surface area (Å²) >= 11 is 8.18. The lowest BCUT2D eigenvalue weighted by Crippen LogP contribution is -2.13. The quantitative estimate of drug-likeness (QED) is 0.499. The molecule has 1 rings (SSSR count). The van der Waals surface area contributed by atoms with Gasteiger partial charge in [-0.15, -0.1) is 11.8 Å². The summed E-state index contributed by atoms with van der Waals surface area (Å²) in [6.07, 6.45) is 5.02. The van der Waals surface area contributed by atoms with Gasteiger partial charge >= 0.3 is 0 Å². The van der Waals surface area contributed by atoms with Crippen LogP contribution in [0.3, 0.4) is 0 Å². The molecule has 0 amide bonds. The van der Waals surface area contributed by atoms with Gasteiger partial charge in [0.15, 0.2) is 0 Å². The predicted octanol–water partition coefficient (Wildman–Crippen LogP) is 5.12. The summed E-state index contributed by atoms with van der Waals surface area (Å²) in [5.41, 5.74) is 1.27. The maximum atomic E-state index is 6.31. The summed E-state index contributed by atoms with van der Waals surface area (Å²) < 4.78 is 0. The molecule has 0 radical (unpaired) electrons. The van der Waals surface area contributed by atoms with Gasteiger partial charge in [-0.3, -0.25) is 0 Å². The molecule has 0 aromatic heterocycles. The van der Waals surface area contributed by atoms with Crippen LogP contribution in [0, 0.1) is 0 Å². The topological polar surface area (TPSA) is 12.0 Å². The molecule has 0 aliphatic rings. The molecule has 1 aromatic carbocycles. The molecule has 0 unspecified atom stereocenters. The van der Waals surface area contributed by atoms with E-state index in [0.29, 0.717) is 0 Å². The molecule has 0 fully saturated rings. The van der Waals surface area contributed by atoms with Gasteiger partial charge in [-0.2, -0.15) is 0 Å². The van der Waals surface area contributed by atoms with Crippen molar-refractivity contribution in [2.75, 3.05) is 12.3 Å². The monoisotopic (exact) mass is 285 g/mol. The van der Waals surface area contributed by atoms with Crippen molar-refractivity contribution in [3.63, 3.8) is 0 Å². The Morgan fingerprint density at radius 1 is 1.17 bits per heavy atom. The summed E-state index contributed by atoms with van der Waals surface area (Å²) in [7, 11) is 0. The van der Waals surface area contributed by atoms with Crippen molar-refractivity contribution in [3.8, 4) is 0 Å². The van der Waals surface area contributed by atoms with E-state index in [1.165, 1.54) is 41.9 Å². The molecule has 3 heteroatoms. The number of thioether (sulfide) groups is 1. The second kappa shape index (κ2) is 9.71. The first kappa shape index (κ1) is 15.9. The van der Waals surface area contributed by atoms with Crippen LogP contribution < -0.4 is 5.32 Å². The molecule has 1 aromatic rings. The molecular weight excluding hydrogens is 262 g/mol. The van der Waals surface area contributed by atoms with Crippen LogP contribution in [-0.2, 0) is 6.54 Å². The van der Waals surface area contributed by atoms with Crippen molar-refractivity contribution in [3.05, 3.63) is 28.8 Å². The fraction of sp³-hybridized carbons (Fsp3) is 0.600. The lowest BCUT2D eigenvalue weighted by atomic mass is 10.2. The second-order valence-electron chi connectivity index (χ2n) is 4.50. The minimum absolute atomic E-state index is 0.896. The molecular formula is C15H24ClNS. The Labute approximate surface area is 121 Å². The number of hydrogen-bond donors (Lipinski definition) is 1. The van der Waals surface area contributed by atoms with E-state index in [1.54, 1.807) is 0 Å². The fourth-order valence-electron chi connectivity index (χ4n) is 1.72. The maximum absolute atomic E-state index is 6.31. The third-order valence-electron chi connectivity index (χ3n) is 2.76. The van der Waals surface area contributed by atoms with Gasteiger partial charge in [0.25, 0.3) is 0 Å². The first-order valence-corrected chi connectivity index (χ1v) is 8.26. The van der Waals surface area contributed by atoms with E-state index in [1.807, 2.05) is 11.8 Å². The summed E-state index contributed by atoms with van der Waals surface area (Å²) in [5.74, 6) is 1.17. The van der Waals surface area contributed by atoms with E-state index < -0.39 is 0 Å². The standard InChI is InChI=1S/C15H24ClNS/c1-3-5-6-10-18-15-8-7-13(11-14(15)16)12-17-9-4-2/h7-8,11,17H,3-6,9-10,12H2,1-2H3. The zero-order chi connectivity index (χ0) is 13.2. The largest absolute Gasteiger partial charge is 0.313 e. The average Bonchev–Trinajstić information content (AvgIpc) is 2.37. The smallest absolute Gasteiger partial charge is 0.0545 e. The van der Waals surface area contributed by atoms with Crippen molar-refractivity contribution in [1.82, 2.24) is 5.32 Å². The Kier molecular flexibility index (Phi) is 8.57. The van der Waals surface area contributed by atoms with Crippen LogP contribution in [0.2, 0.25) is 5.02 Å². The molecule has 1 nitrogen and oxygen atoms in total. The Morgan fingerprint density at radius 3 is 2.67 bits per heavy atom. The molecule has 0 aliphatic heterocycles. The summed E-state index contributed by atoms with van der Waals surface area (Å²) in [6.45, 7) is 6.38. The molecule has 0 atom stereocenters. The fourth-order valence-corrected chi connectivity index (χ4v) is 3.01. The zero-order valence-corrected chi connectivity index (χ0v) is 13.0. The van der Waals surface area contributed by atoms with Crippen LogP contribution in [0.5, 0.6) is 0 Å². The summed E-state index contributed by atoms with van der Waals surface area (Å²) in [4.78, 5) is 1.21. The number of unbranched alkanes of at least 4 members (excludes halogenated alkanes) is 2. The highest BCUT2D eigenvalue weighted by Crippen LogP contribution is 2.28. The Morgan fingerprint density at radius 2 is 2.00 bits per heavy atom. The van der Waals surface area contributed by atoms with Crippen LogP contribution in [0.15, 0.2) is 23.1 Å². The first-order valence-electron chi connectivity index (χ1n) is 6.89. The molecule has 0 bridgehead atoms. The minimum atomic E-state index is 0.896. The molecule has 0 saturated carbocycles. The van der Waals surface area contributed by atoms with Crippen LogP contribution in [0.25, 0.3) is 0 Å². The summed E-state index contributed by atoms with van der Waals surface area (Å²) in [5, 5.41) is 4.29. The van der Waals surface area contributed by atoms with Crippen molar-refractivity contribution in [2.45, 2.75) is 51.0 Å². The molecule has 0 saturated heterocycles. The molecule has 102 valence electrons. The maximum Gasteiger partial charge on any atom is 0.0545 e. The zero-order valence-electron chi connectivity index (χ0n) is 11.5. The van der Waals surface area contributed by atoms with Gasteiger partial charge in [-0.25, -0.2) is 0 Å². The van der Waals surface area contributed by atoms with E-state index in [0.717, 1.165) is 18.1 Å². The van der Waals surface area contributed by atoms with Gasteiger partial charge in [0.05, 0.1) is 5.02 Å². The van der Waals surface area contributed by atoms with Gasteiger partial charge < -0.3 is 5.32 Å². The second-order valence-corrected chi connectivity index (χ2v) is 6.04. The van der Waals surface area contributed by atoms with E-state index >= 15 is 0 Å². The molecule has 0 spiro atoms. The van der Waals surface area contributed by atoms with E-state index in [2.05, 4.69) is 37.4 Å². The first-order chi connectivity index (χ1) is 8.77. The van der Waals surface area contributed by atoms with Crippen LogP contribution in [0.4, 0.5) is 0 Å². The SMILES string of the molecule is CCCCCSc1ccc(CNCCC)cc1Cl. The number of rotatable bonds is 9. The minimum Gasteiger partial charge on any atom is -0.313 e. The number of nitrogens with one attached hydrogen (secondary N) is 1. The predicted molar refractivity (Wildman–Crippen MR) is 83.7 cm³/mol. The highest BCUT2D eigenvalue weighted by Gasteiger charge is 2.02. The number of hydrogen-bond acceptors (Lipinski definition) is 2. The van der Waals surface area contributed by atoms with Gasteiger partial charge in [0.1, 0.15) is 0 Å². The average molecular weight is 286 g/mol. The van der Waals surface area contributed by atoms with Crippen molar-refractivity contribution >= 4 is 23.4 Å². The van der Waals surface area contributed by atoms with Gasteiger partial charge in [0, 0.05) is 11.4 Å². The Hall–Kier alpha value is -0.180. The lowest BCUT2D eigenvalue weighted by molar-refractivity contribution is 0.675. The number of benzene rings is 1. The highest BCUT2D eigenvalue weighted by atomic mass is 35.5. The third-order valence-corrected chi connectivity index (χ3v) is 4.34. The van der Waals surface area contributed by atoms with Crippen LogP contribution in [-0.4, -0.2) is 12.3 Å². The van der Waals surface area contributed by atoms with Crippen LogP contribution >= 0.6 is 23.4 Å². The Bertz CT molecular complexity index is 341. The normalized spacial score (nSPS) is 10.8. The van der Waals surface area contributed by atoms with Crippen molar-refractivity contribution in [1.29, 1.82) is 0 Å². The highest BCUT2D eigenvalue weighted by molar-refractivity contribution is 7.99. The van der Waals surface area contributed by atoms with Gasteiger partial charge in [0.2, 0.25) is 0 Å². The molecule has 0 heterocycles. The van der Waals surface area contributed by atoms with Gasteiger partial charge in [-0.1, -0.05) is 44.4 Å². The summed E-state index contributed by atoms with van der Waals surface area (Å²) in [6, 6.07) is 6.42. The van der Waals surface area contributed by atoms with Crippen LogP contribution in [0.1, 0.15) is 45.1 Å².